The third-order valence-electron chi connectivity index (χ3n) is 3.04. The highest BCUT2D eigenvalue weighted by atomic mass is 16.5. The zero-order valence-electron chi connectivity index (χ0n) is 13.1. The first-order valence-electron chi connectivity index (χ1n) is 7.38. The second-order valence-electron chi connectivity index (χ2n) is 5.41. The summed E-state index contributed by atoms with van der Waals surface area (Å²) in [6.45, 7) is 3.33. The Balaban J connectivity index is 1.89. The van der Waals surface area contributed by atoms with Crippen LogP contribution in [0.5, 0.6) is 0 Å². The Kier molecular flexibility index (Phi) is 5.46. The van der Waals surface area contributed by atoms with Gasteiger partial charge in [-0.3, -0.25) is 14.4 Å². The topological polar surface area (TPSA) is 101 Å². The van der Waals surface area contributed by atoms with Gasteiger partial charge in [0.25, 0.3) is 11.5 Å². The SMILES string of the molecule is CC(C)NC(=O)COC(=O)CCc1nc2ccccc2c(=O)[nH]1. The highest BCUT2D eigenvalue weighted by Crippen LogP contribution is 2.06. The lowest BCUT2D eigenvalue weighted by molar-refractivity contribution is -0.148. The molecule has 2 aromatic rings. The van der Waals surface area contributed by atoms with E-state index in [0.717, 1.165) is 0 Å². The number of rotatable bonds is 6. The molecule has 0 atom stereocenters. The quantitative estimate of drug-likeness (QED) is 0.772. The number of aromatic nitrogens is 2. The molecule has 0 aliphatic carbocycles. The fraction of sp³-hybridized carbons (Fsp3) is 0.375. The van der Waals surface area contributed by atoms with Gasteiger partial charge in [-0.25, -0.2) is 4.98 Å². The molecule has 0 saturated carbocycles. The van der Waals surface area contributed by atoms with Crippen LogP contribution in [0.15, 0.2) is 29.1 Å². The Morgan fingerprint density at radius 1 is 1.30 bits per heavy atom. The molecule has 122 valence electrons. The van der Waals surface area contributed by atoms with Crippen molar-refractivity contribution in [3.63, 3.8) is 0 Å². The number of hydrogen-bond acceptors (Lipinski definition) is 5. The highest BCUT2D eigenvalue weighted by Gasteiger charge is 2.10. The van der Waals surface area contributed by atoms with E-state index in [0.29, 0.717) is 16.7 Å². The number of ether oxygens (including phenoxy) is 1. The number of aryl methyl sites for hydroxylation is 1. The number of carbonyl (C=O) groups excluding carboxylic acids is 2. The number of esters is 1. The molecule has 0 spiro atoms. The number of hydrogen-bond donors (Lipinski definition) is 2. The summed E-state index contributed by atoms with van der Waals surface area (Å²) in [5, 5.41) is 3.13. The second-order valence-corrected chi connectivity index (χ2v) is 5.41. The fourth-order valence-corrected chi connectivity index (χ4v) is 2.06. The minimum Gasteiger partial charge on any atom is -0.456 e. The number of H-pyrrole nitrogens is 1. The van der Waals surface area contributed by atoms with Gasteiger partial charge in [-0.15, -0.1) is 0 Å². The molecule has 0 aliphatic rings. The molecule has 2 N–H and O–H groups in total. The maximum absolute atomic E-state index is 11.9. The van der Waals surface area contributed by atoms with Crippen LogP contribution in [-0.2, 0) is 20.7 Å². The van der Waals surface area contributed by atoms with E-state index in [1.165, 1.54) is 0 Å². The molecule has 1 heterocycles. The average Bonchev–Trinajstić information content (AvgIpc) is 2.50. The average molecular weight is 317 g/mol. The minimum atomic E-state index is -0.514. The molecule has 1 aromatic heterocycles. The lowest BCUT2D eigenvalue weighted by Gasteiger charge is -2.08. The van der Waals surface area contributed by atoms with Crippen LogP contribution in [0, 0.1) is 0 Å². The lowest BCUT2D eigenvalue weighted by Crippen LogP contribution is -2.34. The molecule has 0 aliphatic heterocycles. The third-order valence-corrected chi connectivity index (χ3v) is 3.04. The van der Waals surface area contributed by atoms with E-state index in [4.69, 9.17) is 4.74 Å². The van der Waals surface area contributed by atoms with E-state index in [1.807, 2.05) is 13.8 Å². The molecule has 0 unspecified atom stereocenters. The van der Waals surface area contributed by atoms with Crippen LogP contribution in [0.3, 0.4) is 0 Å². The number of carbonyl (C=O) groups is 2. The van der Waals surface area contributed by atoms with Crippen molar-refractivity contribution < 1.29 is 14.3 Å². The van der Waals surface area contributed by atoms with Crippen molar-refractivity contribution in [2.75, 3.05) is 6.61 Å². The first-order valence-corrected chi connectivity index (χ1v) is 7.38. The maximum atomic E-state index is 11.9. The molecular formula is C16H19N3O4. The Hall–Kier alpha value is -2.70. The third kappa shape index (κ3) is 4.91. The van der Waals surface area contributed by atoms with Crippen LogP contribution in [0.25, 0.3) is 10.9 Å². The number of aromatic amines is 1. The van der Waals surface area contributed by atoms with Crippen LogP contribution in [0.4, 0.5) is 0 Å². The molecule has 0 radical (unpaired) electrons. The van der Waals surface area contributed by atoms with Crippen molar-refractivity contribution in [2.24, 2.45) is 0 Å². The van der Waals surface area contributed by atoms with Crippen LogP contribution < -0.4 is 10.9 Å². The Labute approximate surface area is 133 Å². The molecule has 0 fully saturated rings. The van der Waals surface area contributed by atoms with Gasteiger partial charge in [-0.1, -0.05) is 12.1 Å². The minimum absolute atomic E-state index is 0.00641. The smallest absolute Gasteiger partial charge is 0.306 e. The molecular weight excluding hydrogens is 298 g/mol. The van der Waals surface area contributed by atoms with Gasteiger partial charge in [0.1, 0.15) is 5.82 Å². The van der Waals surface area contributed by atoms with Gasteiger partial charge < -0.3 is 15.0 Å². The number of fused-ring (bicyclic) bond motifs is 1. The zero-order valence-corrected chi connectivity index (χ0v) is 13.1. The highest BCUT2D eigenvalue weighted by molar-refractivity contribution is 5.80. The van der Waals surface area contributed by atoms with Gasteiger partial charge in [0.15, 0.2) is 6.61 Å². The number of nitrogens with one attached hydrogen (secondary N) is 2. The van der Waals surface area contributed by atoms with E-state index in [9.17, 15) is 14.4 Å². The van der Waals surface area contributed by atoms with Gasteiger partial charge in [-0.2, -0.15) is 0 Å². The van der Waals surface area contributed by atoms with Gasteiger partial charge in [0, 0.05) is 12.5 Å². The van der Waals surface area contributed by atoms with Crippen molar-refractivity contribution in [3.05, 3.63) is 40.4 Å². The number of benzene rings is 1. The zero-order chi connectivity index (χ0) is 16.8. The maximum Gasteiger partial charge on any atom is 0.306 e. The Morgan fingerprint density at radius 2 is 2.04 bits per heavy atom. The van der Waals surface area contributed by atoms with E-state index >= 15 is 0 Å². The number of amides is 1. The van der Waals surface area contributed by atoms with Crippen molar-refractivity contribution in [1.29, 1.82) is 0 Å². The van der Waals surface area contributed by atoms with Crippen molar-refractivity contribution >= 4 is 22.8 Å². The summed E-state index contributed by atoms with van der Waals surface area (Å²) >= 11 is 0. The van der Waals surface area contributed by atoms with Gasteiger partial charge in [0.2, 0.25) is 0 Å². The summed E-state index contributed by atoms with van der Waals surface area (Å²) < 4.78 is 4.87. The molecule has 1 amide bonds. The van der Waals surface area contributed by atoms with Crippen molar-refractivity contribution in [2.45, 2.75) is 32.7 Å². The summed E-state index contributed by atoms with van der Waals surface area (Å²) in [5.41, 5.74) is 0.339. The normalized spacial score (nSPS) is 10.7. The van der Waals surface area contributed by atoms with Gasteiger partial charge >= 0.3 is 5.97 Å². The number of nitrogens with zero attached hydrogens (tertiary/aromatic N) is 1. The summed E-state index contributed by atoms with van der Waals surface area (Å²) in [6.07, 6.45) is 0.279. The van der Waals surface area contributed by atoms with Crippen LogP contribution in [-0.4, -0.2) is 34.5 Å². The first-order chi connectivity index (χ1) is 11.0. The lowest BCUT2D eigenvalue weighted by atomic mass is 10.2. The summed E-state index contributed by atoms with van der Waals surface area (Å²) in [7, 11) is 0. The van der Waals surface area contributed by atoms with Crippen molar-refractivity contribution in [1.82, 2.24) is 15.3 Å². The molecule has 7 heteroatoms. The summed E-state index contributed by atoms with van der Waals surface area (Å²) in [4.78, 5) is 41.8. The van der Waals surface area contributed by atoms with Crippen molar-refractivity contribution in [3.8, 4) is 0 Å². The van der Waals surface area contributed by atoms with Crippen LogP contribution >= 0.6 is 0 Å². The largest absolute Gasteiger partial charge is 0.456 e. The van der Waals surface area contributed by atoms with E-state index in [-0.39, 0.29) is 37.0 Å². The Bertz CT molecular complexity index is 767. The molecule has 23 heavy (non-hydrogen) atoms. The molecule has 7 nitrogen and oxygen atoms in total. The van der Waals surface area contributed by atoms with Gasteiger partial charge in [0.05, 0.1) is 17.3 Å². The van der Waals surface area contributed by atoms with E-state index < -0.39 is 5.97 Å². The first kappa shape index (κ1) is 16.7. The predicted octanol–water partition coefficient (Wildman–Crippen LogP) is 0.923. The molecule has 2 rings (SSSR count). The predicted molar refractivity (Wildman–Crippen MR) is 84.9 cm³/mol. The monoisotopic (exact) mass is 317 g/mol. The van der Waals surface area contributed by atoms with E-state index in [2.05, 4.69) is 15.3 Å². The standard InChI is InChI=1S/C16H19N3O4/c1-10(2)17-14(20)9-23-15(21)8-7-13-18-12-6-4-3-5-11(12)16(22)19-13/h3-6,10H,7-9H2,1-2H3,(H,17,20)(H,18,19,22). The molecule has 0 saturated heterocycles. The summed E-state index contributed by atoms with van der Waals surface area (Å²) in [6, 6.07) is 6.97. The Morgan fingerprint density at radius 3 is 2.78 bits per heavy atom. The number of para-hydroxylation sites is 1. The fourth-order valence-electron chi connectivity index (χ4n) is 2.06. The van der Waals surface area contributed by atoms with Crippen LogP contribution in [0.2, 0.25) is 0 Å². The van der Waals surface area contributed by atoms with E-state index in [1.54, 1.807) is 24.3 Å². The second kappa shape index (κ2) is 7.53. The molecule has 0 bridgehead atoms. The molecule has 1 aromatic carbocycles. The van der Waals surface area contributed by atoms with Gasteiger partial charge in [-0.05, 0) is 26.0 Å². The summed E-state index contributed by atoms with van der Waals surface area (Å²) in [5.74, 6) is -0.442. The van der Waals surface area contributed by atoms with Crippen LogP contribution in [0.1, 0.15) is 26.1 Å².